The fraction of sp³-hybridized carbons (Fsp3) is 0.750. The van der Waals surface area contributed by atoms with Gasteiger partial charge < -0.3 is 9.47 Å². The van der Waals surface area contributed by atoms with Crippen LogP contribution < -0.4 is 0 Å². The Morgan fingerprint density at radius 2 is 1.44 bits per heavy atom. The molecule has 2 atom stereocenters. The minimum Gasteiger partial charge on any atom is -0.385 e. The summed E-state index contributed by atoms with van der Waals surface area (Å²) in [6.07, 6.45) is 9.94. The van der Waals surface area contributed by atoms with Crippen molar-refractivity contribution in [1.82, 2.24) is 9.80 Å². The van der Waals surface area contributed by atoms with E-state index in [0.29, 0.717) is 52.0 Å². The third-order valence-corrected chi connectivity index (χ3v) is 6.25. The molecule has 0 aromatic carbocycles. The summed E-state index contributed by atoms with van der Waals surface area (Å²) in [5.74, 6) is -0.340. The molecule has 2 aliphatic rings. The number of carbonyl (C=O) groups is 4. The minimum absolute atomic E-state index is 0.117. The van der Waals surface area contributed by atoms with Gasteiger partial charge in [0.25, 0.3) is 11.8 Å². The van der Waals surface area contributed by atoms with Crippen LogP contribution in [0, 0.1) is 11.8 Å². The summed E-state index contributed by atoms with van der Waals surface area (Å²) in [5, 5.41) is 0. The minimum atomic E-state index is -0.253. The first-order valence-electron chi connectivity index (χ1n) is 11.8. The van der Waals surface area contributed by atoms with E-state index in [4.69, 9.17) is 9.47 Å². The van der Waals surface area contributed by atoms with E-state index in [2.05, 4.69) is 0 Å². The number of hydrogen-bond donors (Lipinski definition) is 0. The molecule has 0 aromatic heterocycles. The van der Waals surface area contributed by atoms with Crippen LogP contribution in [-0.2, 0) is 28.7 Å². The first kappa shape index (κ1) is 26.2. The van der Waals surface area contributed by atoms with Gasteiger partial charge in [0.2, 0.25) is 11.8 Å². The van der Waals surface area contributed by atoms with Gasteiger partial charge in [0.05, 0.1) is 0 Å². The Morgan fingerprint density at radius 1 is 0.906 bits per heavy atom. The summed E-state index contributed by atoms with van der Waals surface area (Å²) < 4.78 is 10.1. The smallest absolute Gasteiger partial charge is 0.253 e. The van der Waals surface area contributed by atoms with Gasteiger partial charge in [-0.25, -0.2) is 0 Å². The maximum Gasteiger partial charge on any atom is 0.253 e. The molecule has 0 N–H and O–H groups in total. The van der Waals surface area contributed by atoms with Crippen molar-refractivity contribution in [2.45, 2.75) is 64.2 Å². The van der Waals surface area contributed by atoms with Gasteiger partial charge in [0.15, 0.2) is 0 Å². The molecule has 1 aliphatic carbocycles. The molecule has 8 heteroatoms. The highest BCUT2D eigenvalue weighted by Gasteiger charge is 2.32. The zero-order chi connectivity index (χ0) is 23.3. The van der Waals surface area contributed by atoms with Gasteiger partial charge in [-0.1, -0.05) is 6.42 Å². The van der Waals surface area contributed by atoms with Gasteiger partial charge in [-0.15, -0.1) is 0 Å². The molecule has 1 saturated carbocycles. The summed E-state index contributed by atoms with van der Waals surface area (Å²) >= 11 is 0. The van der Waals surface area contributed by atoms with Crippen molar-refractivity contribution in [3.05, 3.63) is 12.2 Å². The summed E-state index contributed by atoms with van der Waals surface area (Å²) in [5.41, 5.74) is 0. The van der Waals surface area contributed by atoms with E-state index in [-0.39, 0.29) is 35.5 Å². The SMILES string of the molecule is COCCCCC(=O)N(CC1CCCC(CN2C(=O)C=CC2=O)C1)C(=O)CCCCOC. The van der Waals surface area contributed by atoms with Crippen LogP contribution in [0.2, 0.25) is 0 Å². The van der Waals surface area contributed by atoms with Crippen molar-refractivity contribution in [3.63, 3.8) is 0 Å². The molecule has 2 unspecified atom stereocenters. The second-order valence-corrected chi connectivity index (χ2v) is 8.82. The lowest BCUT2D eigenvalue weighted by Crippen LogP contribution is -2.42. The molecule has 1 heterocycles. The molecule has 32 heavy (non-hydrogen) atoms. The predicted molar refractivity (Wildman–Crippen MR) is 119 cm³/mol. The van der Waals surface area contributed by atoms with Gasteiger partial charge in [0, 0.05) is 65.5 Å². The number of hydrogen-bond acceptors (Lipinski definition) is 6. The third-order valence-electron chi connectivity index (χ3n) is 6.25. The first-order valence-corrected chi connectivity index (χ1v) is 11.8. The Labute approximate surface area is 191 Å². The quantitative estimate of drug-likeness (QED) is 0.298. The van der Waals surface area contributed by atoms with Crippen LogP contribution in [0.4, 0.5) is 0 Å². The molecule has 0 saturated heterocycles. The highest BCUT2D eigenvalue weighted by molar-refractivity contribution is 6.12. The number of rotatable bonds is 14. The van der Waals surface area contributed by atoms with Crippen LogP contribution >= 0.6 is 0 Å². The number of amides is 4. The topological polar surface area (TPSA) is 93.2 Å². The van der Waals surface area contributed by atoms with E-state index in [1.165, 1.54) is 22.0 Å². The van der Waals surface area contributed by atoms with E-state index >= 15 is 0 Å². The second kappa shape index (κ2) is 14.2. The average molecular weight is 451 g/mol. The zero-order valence-electron chi connectivity index (χ0n) is 19.6. The summed E-state index contributed by atoms with van der Waals surface area (Å²) in [4.78, 5) is 52.3. The standard InChI is InChI=1S/C24H38N2O6/c1-31-14-5-3-10-21(27)25(22(28)11-4-6-15-32-2)17-19-8-7-9-20(16-19)18-26-23(29)12-13-24(26)30/h12-13,19-20H,3-11,14-18H2,1-2H3. The summed E-state index contributed by atoms with van der Waals surface area (Å²) in [7, 11) is 3.27. The van der Waals surface area contributed by atoms with Crippen LogP contribution in [0.3, 0.4) is 0 Å². The fourth-order valence-electron chi connectivity index (χ4n) is 4.52. The Hall–Kier alpha value is -2.06. The third kappa shape index (κ3) is 8.47. The van der Waals surface area contributed by atoms with E-state index < -0.39 is 0 Å². The number of imide groups is 2. The van der Waals surface area contributed by atoms with Gasteiger partial charge in [-0.2, -0.15) is 0 Å². The van der Waals surface area contributed by atoms with Crippen molar-refractivity contribution in [3.8, 4) is 0 Å². The average Bonchev–Trinajstić information content (AvgIpc) is 3.10. The van der Waals surface area contributed by atoms with Gasteiger partial charge >= 0.3 is 0 Å². The molecule has 2 rings (SSSR count). The van der Waals surface area contributed by atoms with Crippen LogP contribution in [0.5, 0.6) is 0 Å². The van der Waals surface area contributed by atoms with Gasteiger partial charge in [0.1, 0.15) is 0 Å². The molecule has 1 fully saturated rings. The molecule has 0 aromatic rings. The van der Waals surface area contributed by atoms with E-state index in [0.717, 1.165) is 38.5 Å². The molecular weight excluding hydrogens is 412 g/mol. The Bertz CT molecular complexity index is 635. The molecule has 8 nitrogen and oxygen atoms in total. The maximum absolute atomic E-state index is 12.9. The molecule has 0 spiro atoms. The molecule has 0 bridgehead atoms. The second-order valence-electron chi connectivity index (χ2n) is 8.82. The predicted octanol–water partition coefficient (Wildman–Crippen LogP) is 2.71. The summed E-state index contributed by atoms with van der Waals surface area (Å²) in [6.45, 7) is 2.04. The highest BCUT2D eigenvalue weighted by atomic mass is 16.5. The first-order chi connectivity index (χ1) is 15.5. The number of unbranched alkanes of at least 4 members (excludes halogenated alkanes) is 2. The lowest BCUT2D eigenvalue weighted by atomic mass is 9.80. The normalized spacial score (nSPS) is 20.8. The number of carbonyl (C=O) groups excluding carboxylic acids is 4. The Morgan fingerprint density at radius 3 is 1.97 bits per heavy atom. The van der Waals surface area contributed by atoms with Crippen molar-refractivity contribution in [2.24, 2.45) is 11.8 Å². The number of methoxy groups -OCH3 is 2. The largest absolute Gasteiger partial charge is 0.385 e. The van der Waals surface area contributed by atoms with Crippen molar-refractivity contribution < 1.29 is 28.7 Å². The molecule has 1 aliphatic heterocycles. The lowest BCUT2D eigenvalue weighted by molar-refractivity contribution is -0.146. The van der Waals surface area contributed by atoms with E-state index in [1.807, 2.05) is 0 Å². The number of nitrogens with zero attached hydrogens (tertiary/aromatic N) is 2. The van der Waals surface area contributed by atoms with Gasteiger partial charge in [-0.05, 0) is 56.8 Å². The van der Waals surface area contributed by atoms with Crippen molar-refractivity contribution >= 4 is 23.6 Å². The van der Waals surface area contributed by atoms with Gasteiger partial charge in [-0.3, -0.25) is 29.0 Å². The molecule has 180 valence electrons. The lowest BCUT2D eigenvalue weighted by Gasteiger charge is -2.34. The van der Waals surface area contributed by atoms with Crippen molar-refractivity contribution in [1.29, 1.82) is 0 Å². The fourth-order valence-corrected chi connectivity index (χ4v) is 4.52. The van der Waals surface area contributed by atoms with Crippen LogP contribution in [-0.4, -0.2) is 74.0 Å². The molecular formula is C24H38N2O6. The Balaban J connectivity index is 1.93. The molecule has 4 amide bonds. The number of ether oxygens (including phenoxy) is 2. The monoisotopic (exact) mass is 450 g/mol. The van der Waals surface area contributed by atoms with Crippen molar-refractivity contribution in [2.75, 3.05) is 40.5 Å². The highest BCUT2D eigenvalue weighted by Crippen LogP contribution is 2.31. The molecule has 0 radical (unpaired) electrons. The zero-order valence-corrected chi connectivity index (χ0v) is 19.6. The van der Waals surface area contributed by atoms with Crippen LogP contribution in [0.25, 0.3) is 0 Å². The maximum atomic E-state index is 12.9. The van der Waals surface area contributed by atoms with Crippen LogP contribution in [0.1, 0.15) is 64.2 Å². The van der Waals surface area contributed by atoms with E-state index in [1.54, 1.807) is 14.2 Å². The van der Waals surface area contributed by atoms with Crippen LogP contribution in [0.15, 0.2) is 12.2 Å². The van der Waals surface area contributed by atoms with E-state index in [9.17, 15) is 19.2 Å². The summed E-state index contributed by atoms with van der Waals surface area (Å²) in [6, 6.07) is 0. The Kier molecular flexibility index (Phi) is 11.6.